The molecule has 0 radical (unpaired) electrons. The summed E-state index contributed by atoms with van der Waals surface area (Å²) < 4.78 is 15.8. The van der Waals surface area contributed by atoms with Crippen molar-refractivity contribution in [1.82, 2.24) is 10.7 Å². The molecular weight excluding hydrogens is 374 g/mol. The van der Waals surface area contributed by atoms with Gasteiger partial charge in [0, 0.05) is 6.04 Å². The Morgan fingerprint density at radius 1 is 0.897 bits per heavy atom. The number of benzene rings is 2. The first kappa shape index (κ1) is 21.7. The second-order valence-corrected chi connectivity index (χ2v) is 6.34. The summed E-state index contributed by atoms with van der Waals surface area (Å²) in [5, 5.41) is 6.64. The van der Waals surface area contributed by atoms with Gasteiger partial charge in [-0.3, -0.25) is 9.59 Å². The zero-order valence-corrected chi connectivity index (χ0v) is 16.7. The maximum absolute atomic E-state index is 11.8. The van der Waals surface area contributed by atoms with E-state index in [0.29, 0.717) is 17.2 Å². The van der Waals surface area contributed by atoms with Crippen molar-refractivity contribution >= 4 is 18.0 Å². The van der Waals surface area contributed by atoms with Crippen LogP contribution in [0, 0.1) is 0 Å². The van der Waals surface area contributed by atoms with Crippen LogP contribution in [0.1, 0.15) is 19.4 Å². The maximum Gasteiger partial charge on any atom is 0.277 e. The normalized spacial score (nSPS) is 10.6. The van der Waals surface area contributed by atoms with Gasteiger partial charge in [-0.05, 0) is 67.9 Å². The van der Waals surface area contributed by atoms with Gasteiger partial charge in [-0.15, -0.1) is 0 Å². The quantitative estimate of drug-likeness (QED) is 0.471. The van der Waals surface area contributed by atoms with E-state index in [4.69, 9.17) is 14.2 Å². The van der Waals surface area contributed by atoms with Crippen LogP contribution in [0.3, 0.4) is 0 Å². The van der Waals surface area contributed by atoms with E-state index >= 15 is 0 Å². The topological polar surface area (TPSA) is 98.2 Å². The molecular formula is C21H25N3O5. The first-order chi connectivity index (χ1) is 14.0. The average molecular weight is 399 g/mol. The smallest absolute Gasteiger partial charge is 0.277 e. The highest BCUT2D eigenvalue weighted by Gasteiger charge is 2.04. The first-order valence-corrected chi connectivity index (χ1v) is 9.07. The van der Waals surface area contributed by atoms with Crippen molar-refractivity contribution in [2.24, 2.45) is 5.10 Å². The van der Waals surface area contributed by atoms with Crippen LogP contribution in [0.15, 0.2) is 53.6 Å². The standard InChI is InChI=1S/C21H25N3O5/c1-15(2)23-20(25)13-28-18-6-4-16(5-7-18)12-22-24-21(26)14-29-19-10-8-17(27-3)9-11-19/h4-12,15H,13-14H2,1-3H3,(H,23,25)(H,24,26)/b22-12-. The molecule has 2 amide bonds. The molecule has 2 rings (SSSR count). The Labute approximate surface area is 169 Å². The molecule has 0 aliphatic heterocycles. The average Bonchev–Trinajstić information content (AvgIpc) is 2.71. The van der Waals surface area contributed by atoms with E-state index in [1.54, 1.807) is 55.6 Å². The van der Waals surface area contributed by atoms with Gasteiger partial charge in [0.2, 0.25) is 0 Å². The van der Waals surface area contributed by atoms with E-state index in [1.165, 1.54) is 6.21 Å². The lowest BCUT2D eigenvalue weighted by Crippen LogP contribution is -2.34. The van der Waals surface area contributed by atoms with Crippen molar-refractivity contribution < 1.29 is 23.8 Å². The summed E-state index contributed by atoms with van der Waals surface area (Å²) in [5.74, 6) is 1.28. The van der Waals surface area contributed by atoms with Crippen LogP contribution < -0.4 is 25.0 Å². The summed E-state index contributed by atoms with van der Waals surface area (Å²) in [6.45, 7) is 3.57. The van der Waals surface area contributed by atoms with Crippen LogP contribution in [-0.2, 0) is 9.59 Å². The molecule has 0 heterocycles. The minimum atomic E-state index is -0.381. The van der Waals surface area contributed by atoms with Crippen molar-refractivity contribution in [3.05, 3.63) is 54.1 Å². The maximum atomic E-state index is 11.8. The van der Waals surface area contributed by atoms with Crippen molar-refractivity contribution in [3.63, 3.8) is 0 Å². The molecule has 2 aromatic rings. The second-order valence-electron chi connectivity index (χ2n) is 6.34. The number of nitrogens with one attached hydrogen (secondary N) is 2. The van der Waals surface area contributed by atoms with E-state index < -0.39 is 0 Å². The van der Waals surface area contributed by atoms with Crippen LogP contribution >= 0.6 is 0 Å². The summed E-state index contributed by atoms with van der Waals surface area (Å²) >= 11 is 0. The fraction of sp³-hybridized carbons (Fsp3) is 0.286. The monoisotopic (exact) mass is 399 g/mol. The number of rotatable bonds is 10. The highest BCUT2D eigenvalue weighted by atomic mass is 16.5. The van der Waals surface area contributed by atoms with Crippen LogP contribution in [0.5, 0.6) is 17.2 Å². The molecule has 0 aliphatic rings. The summed E-state index contributed by atoms with van der Waals surface area (Å²) in [7, 11) is 1.58. The molecule has 0 aromatic heterocycles. The predicted octanol–water partition coefficient (Wildman–Crippen LogP) is 2.13. The van der Waals surface area contributed by atoms with Gasteiger partial charge in [-0.2, -0.15) is 5.10 Å². The minimum absolute atomic E-state index is 0.0458. The molecule has 0 atom stereocenters. The molecule has 0 saturated carbocycles. The fourth-order valence-corrected chi connectivity index (χ4v) is 2.19. The van der Waals surface area contributed by atoms with Gasteiger partial charge in [-0.25, -0.2) is 5.43 Å². The molecule has 0 fully saturated rings. The summed E-state index contributed by atoms with van der Waals surface area (Å²) in [5.41, 5.74) is 3.16. The number of carbonyl (C=O) groups is 2. The summed E-state index contributed by atoms with van der Waals surface area (Å²) in [6, 6.07) is 14.0. The van der Waals surface area contributed by atoms with E-state index in [1.807, 2.05) is 13.8 Å². The number of amides is 2. The first-order valence-electron chi connectivity index (χ1n) is 9.07. The molecule has 0 spiro atoms. The lowest BCUT2D eigenvalue weighted by molar-refractivity contribution is -0.124. The van der Waals surface area contributed by atoms with E-state index in [-0.39, 0.29) is 31.1 Å². The number of nitrogens with zero attached hydrogens (tertiary/aromatic N) is 1. The Kier molecular flexibility index (Phi) is 8.50. The highest BCUT2D eigenvalue weighted by Crippen LogP contribution is 2.16. The predicted molar refractivity (Wildman–Crippen MR) is 109 cm³/mol. The van der Waals surface area contributed by atoms with E-state index in [2.05, 4.69) is 15.8 Å². The van der Waals surface area contributed by atoms with Crippen molar-refractivity contribution in [3.8, 4) is 17.2 Å². The van der Waals surface area contributed by atoms with Gasteiger partial charge >= 0.3 is 0 Å². The number of ether oxygens (including phenoxy) is 3. The van der Waals surface area contributed by atoms with Gasteiger partial charge in [0.05, 0.1) is 13.3 Å². The zero-order valence-electron chi connectivity index (χ0n) is 16.7. The molecule has 0 bridgehead atoms. The molecule has 0 saturated heterocycles. The van der Waals surface area contributed by atoms with E-state index in [9.17, 15) is 9.59 Å². The molecule has 8 nitrogen and oxygen atoms in total. The SMILES string of the molecule is COc1ccc(OCC(=O)N/N=C\c2ccc(OCC(=O)NC(C)C)cc2)cc1. The Morgan fingerprint density at radius 3 is 1.97 bits per heavy atom. The fourth-order valence-electron chi connectivity index (χ4n) is 2.19. The second kappa shape index (κ2) is 11.3. The lowest BCUT2D eigenvalue weighted by Gasteiger charge is -2.09. The third-order valence-corrected chi connectivity index (χ3v) is 3.53. The van der Waals surface area contributed by atoms with Gasteiger partial charge < -0.3 is 19.5 Å². The molecule has 8 heteroatoms. The molecule has 2 aromatic carbocycles. The molecule has 29 heavy (non-hydrogen) atoms. The van der Waals surface area contributed by atoms with Crippen LogP contribution in [-0.4, -0.2) is 44.4 Å². The largest absolute Gasteiger partial charge is 0.497 e. The van der Waals surface area contributed by atoms with Crippen LogP contribution in [0.4, 0.5) is 0 Å². The van der Waals surface area contributed by atoms with E-state index in [0.717, 1.165) is 5.56 Å². The van der Waals surface area contributed by atoms with Gasteiger partial charge in [0.1, 0.15) is 17.2 Å². The molecule has 0 aliphatic carbocycles. The number of methoxy groups -OCH3 is 1. The van der Waals surface area contributed by atoms with Crippen LogP contribution in [0.25, 0.3) is 0 Å². The van der Waals surface area contributed by atoms with Crippen molar-refractivity contribution in [2.75, 3.05) is 20.3 Å². The Hall–Kier alpha value is -3.55. The molecule has 0 unspecified atom stereocenters. The van der Waals surface area contributed by atoms with Crippen molar-refractivity contribution in [2.45, 2.75) is 19.9 Å². The van der Waals surface area contributed by atoms with Gasteiger partial charge in [0.25, 0.3) is 11.8 Å². The highest BCUT2D eigenvalue weighted by molar-refractivity contribution is 5.83. The summed E-state index contributed by atoms with van der Waals surface area (Å²) in [6.07, 6.45) is 1.50. The zero-order chi connectivity index (χ0) is 21.1. The van der Waals surface area contributed by atoms with Crippen molar-refractivity contribution in [1.29, 1.82) is 0 Å². The molecule has 2 N–H and O–H groups in total. The summed E-state index contributed by atoms with van der Waals surface area (Å²) in [4.78, 5) is 23.3. The third-order valence-electron chi connectivity index (χ3n) is 3.53. The lowest BCUT2D eigenvalue weighted by atomic mass is 10.2. The Morgan fingerprint density at radius 2 is 1.41 bits per heavy atom. The third kappa shape index (κ3) is 8.34. The Balaban J connectivity index is 1.72. The number of hydrogen-bond donors (Lipinski definition) is 2. The number of carbonyl (C=O) groups excluding carboxylic acids is 2. The van der Waals surface area contributed by atoms with Gasteiger partial charge in [0.15, 0.2) is 13.2 Å². The number of hydrazone groups is 1. The Bertz CT molecular complexity index is 817. The molecule has 154 valence electrons. The minimum Gasteiger partial charge on any atom is -0.497 e. The van der Waals surface area contributed by atoms with Gasteiger partial charge in [-0.1, -0.05) is 0 Å². The van der Waals surface area contributed by atoms with Crippen LogP contribution in [0.2, 0.25) is 0 Å². The number of hydrogen-bond acceptors (Lipinski definition) is 6.